The molecule has 0 heterocycles. The highest BCUT2D eigenvalue weighted by molar-refractivity contribution is 5.96. The monoisotopic (exact) mass is 452 g/mol. The van der Waals surface area contributed by atoms with Crippen LogP contribution in [0.15, 0.2) is 34.9 Å². The van der Waals surface area contributed by atoms with Gasteiger partial charge in [-0.1, -0.05) is 32.1 Å². The largest absolute Gasteiger partial charge is 0.348 e. The summed E-state index contributed by atoms with van der Waals surface area (Å²) in [6.45, 7) is 17.0. The zero-order valence-electron chi connectivity index (χ0n) is 22.0. The molecule has 1 fully saturated rings. The number of allylic oxidation sites excluding steroid dienone is 4. The lowest BCUT2D eigenvalue weighted by molar-refractivity contribution is -0.121. The van der Waals surface area contributed by atoms with Gasteiger partial charge >= 0.3 is 0 Å². The molecule has 0 aromatic carbocycles. The van der Waals surface area contributed by atoms with Gasteiger partial charge in [-0.15, -0.1) is 0 Å². The molecule has 0 spiro atoms. The van der Waals surface area contributed by atoms with E-state index < -0.39 is 0 Å². The van der Waals surface area contributed by atoms with Crippen molar-refractivity contribution in [1.29, 1.82) is 0 Å². The van der Waals surface area contributed by atoms with Gasteiger partial charge < -0.3 is 10.6 Å². The van der Waals surface area contributed by atoms with E-state index in [0.717, 1.165) is 49.7 Å². The molecule has 0 radical (unpaired) electrons. The van der Waals surface area contributed by atoms with Crippen LogP contribution in [-0.2, 0) is 9.59 Å². The summed E-state index contributed by atoms with van der Waals surface area (Å²) in [6, 6.07) is 0. The number of carbonyl (C=O) groups excluding carboxylic acids is 2. The number of hydrogen-bond acceptors (Lipinski definition) is 2. The van der Waals surface area contributed by atoms with Crippen molar-refractivity contribution in [2.24, 2.45) is 28.6 Å². The number of fused-ring (bicyclic) bond motifs is 5. The minimum atomic E-state index is -0.217. The second kappa shape index (κ2) is 7.85. The van der Waals surface area contributed by atoms with E-state index in [1.165, 1.54) is 5.57 Å². The Balaban J connectivity index is 1.56. The molecule has 0 aromatic rings. The van der Waals surface area contributed by atoms with Crippen molar-refractivity contribution in [1.82, 2.24) is 10.6 Å². The van der Waals surface area contributed by atoms with Crippen LogP contribution < -0.4 is 10.6 Å². The molecule has 182 valence electrons. The van der Waals surface area contributed by atoms with E-state index in [4.69, 9.17) is 0 Å². The van der Waals surface area contributed by atoms with Gasteiger partial charge in [0, 0.05) is 27.6 Å². The molecule has 1 saturated carbocycles. The van der Waals surface area contributed by atoms with E-state index >= 15 is 0 Å². The average molecular weight is 453 g/mol. The van der Waals surface area contributed by atoms with E-state index in [0.29, 0.717) is 17.8 Å². The highest BCUT2D eigenvalue weighted by Gasteiger charge is 2.57. The van der Waals surface area contributed by atoms with Crippen LogP contribution in [0.25, 0.3) is 0 Å². The molecule has 0 unspecified atom stereocenters. The Morgan fingerprint density at radius 1 is 0.848 bits per heavy atom. The van der Waals surface area contributed by atoms with Crippen molar-refractivity contribution >= 4 is 11.8 Å². The number of rotatable bonds is 2. The molecule has 4 aliphatic carbocycles. The van der Waals surface area contributed by atoms with E-state index in [1.807, 2.05) is 20.8 Å². The first kappa shape index (κ1) is 24.3. The molecular weight excluding hydrogens is 408 g/mol. The van der Waals surface area contributed by atoms with Crippen LogP contribution in [-0.4, -0.2) is 22.9 Å². The van der Waals surface area contributed by atoms with Crippen LogP contribution in [0.2, 0.25) is 0 Å². The van der Waals surface area contributed by atoms with Crippen molar-refractivity contribution in [2.75, 3.05) is 0 Å². The zero-order chi connectivity index (χ0) is 24.4. The Morgan fingerprint density at radius 3 is 2.12 bits per heavy atom. The molecule has 0 aromatic heterocycles. The topological polar surface area (TPSA) is 58.2 Å². The van der Waals surface area contributed by atoms with Crippen LogP contribution in [0.5, 0.6) is 0 Å². The van der Waals surface area contributed by atoms with Gasteiger partial charge in [-0.2, -0.15) is 0 Å². The highest BCUT2D eigenvalue weighted by atomic mass is 16.2. The van der Waals surface area contributed by atoms with Crippen molar-refractivity contribution in [3.63, 3.8) is 0 Å². The van der Waals surface area contributed by atoms with E-state index in [-0.39, 0.29) is 33.7 Å². The van der Waals surface area contributed by atoms with Crippen molar-refractivity contribution < 1.29 is 9.59 Å². The molecule has 0 saturated heterocycles. The van der Waals surface area contributed by atoms with E-state index in [2.05, 4.69) is 63.5 Å². The summed E-state index contributed by atoms with van der Waals surface area (Å²) >= 11 is 0. The van der Waals surface area contributed by atoms with Gasteiger partial charge in [0.05, 0.1) is 0 Å². The first-order valence-electron chi connectivity index (χ1n) is 12.9. The Labute approximate surface area is 200 Å². The molecule has 5 atom stereocenters. The van der Waals surface area contributed by atoms with Gasteiger partial charge in [0.25, 0.3) is 0 Å². The van der Waals surface area contributed by atoms with Crippen LogP contribution in [0, 0.1) is 28.6 Å². The van der Waals surface area contributed by atoms with Gasteiger partial charge in [0.1, 0.15) is 0 Å². The highest BCUT2D eigenvalue weighted by Crippen LogP contribution is 2.64. The lowest BCUT2D eigenvalue weighted by Crippen LogP contribution is -2.51. The summed E-state index contributed by atoms with van der Waals surface area (Å²) < 4.78 is 0. The standard InChI is InChI=1S/C29H44N2O2/c1-26(2,3)30-24(32)18-13-15-28(7)19(17-18)9-10-20-21-11-12-23(25(33)31-27(4,5)6)29(21,8)16-14-22(20)28/h9,12,17,20-22H,10-11,13-16H2,1-8H3,(H,30,32)(H,31,33)/t20-,21-,22-,28-,29-/m0/s1. The van der Waals surface area contributed by atoms with Crippen molar-refractivity contribution in [2.45, 2.75) is 105 Å². The SMILES string of the molecule is CC(C)(C)NC(=O)C1=CC2=CC[C@@H]3[C@H](CC[C@]4(C)C(C(=O)NC(C)(C)C)=CC[C@@H]34)[C@@]2(C)CC1. The van der Waals surface area contributed by atoms with Gasteiger partial charge in [0.15, 0.2) is 0 Å². The summed E-state index contributed by atoms with van der Waals surface area (Å²) in [6.07, 6.45) is 13.0. The number of hydrogen-bond donors (Lipinski definition) is 2. The third-order valence-corrected chi connectivity index (χ3v) is 8.86. The molecule has 4 aliphatic rings. The van der Waals surface area contributed by atoms with Gasteiger partial charge in [0.2, 0.25) is 11.8 Å². The summed E-state index contributed by atoms with van der Waals surface area (Å²) in [4.78, 5) is 25.9. The molecule has 2 N–H and O–H groups in total. The van der Waals surface area contributed by atoms with Crippen LogP contribution in [0.3, 0.4) is 0 Å². The molecule has 4 heteroatoms. The van der Waals surface area contributed by atoms with E-state index in [1.54, 1.807) is 0 Å². The minimum absolute atomic E-state index is 0.0273. The fourth-order valence-electron chi connectivity index (χ4n) is 7.25. The lowest BCUT2D eigenvalue weighted by atomic mass is 9.48. The predicted octanol–water partition coefficient (Wildman–Crippen LogP) is 5.85. The van der Waals surface area contributed by atoms with Crippen molar-refractivity contribution in [3.8, 4) is 0 Å². The second-order valence-electron chi connectivity index (χ2n) is 13.6. The second-order valence-corrected chi connectivity index (χ2v) is 13.6. The molecule has 4 rings (SSSR count). The first-order valence-corrected chi connectivity index (χ1v) is 12.9. The zero-order valence-corrected chi connectivity index (χ0v) is 22.0. The Bertz CT molecular complexity index is 942. The first-order chi connectivity index (χ1) is 15.1. The summed E-state index contributed by atoms with van der Waals surface area (Å²) in [5, 5.41) is 6.35. The van der Waals surface area contributed by atoms with Crippen LogP contribution in [0.4, 0.5) is 0 Å². The maximum Gasteiger partial charge on any atom is 0.247 e. The molecule has 33 heavy (non-hydrogen) atoms. The number of amides is 2. The quantitative estimate of drug-likeness (QED) is 0.552. The van der Waals surface area contributed by atoms with Crippen LogP contribution in [0.1, 0.15) is 93.9 Å². The summed E-state index contributed by atoms with van der Waals surface area (Å²) in [5.74, 6) is 1.96. The number of nitrogens with one attached hydrogen (secondary N) is 2. The van der Waals surface area contributed by atoms with Gasteiger partial charge in [-0.3, -0.25) is 9.59 Å². The normalized spacial score (nSPS) is 35.9. The maximum atomic E-state index is 13.1. The van der Waals surface area contributed by atoms with Gasteiger partial charge in [-0.05, 0) is 109 Å². The third-order valence-electron chi connectivity index (χ3n) is 8.86. The lowest BCUT2D eigenvalue weighted by Gasteiger charge is -2.56. The predicted molar refractivity (Wildman–Crippen MR) is 134 cm³/mol. The third kappa shape index (κ3) is 4.35. The fourth-order valence-corrected chi connectivity index (χ4v) is 7.25. The Hall–Kier alpha value is -1.84. The molecule has 4 nitrogen and oxygen atoms in total. The summed E-state index contributed by atoms with van der Waals surface area (Å²) in [7, 11) is 0. The Kier molecular flexibility index (Phi) is 5.78. The van der Waals surface area contributed by atoms with Crippen LogP contribution >= 0.6 is 0 Å². The maximum absolute atomic E-state index is 13.1. The average Bonchev–Trinajstić information content (AvgIpc) is 3.02. The van der Waals surface area contributed by atoms with Crippen molar-refractivity contribution in [3.05, 3.63) is 34.9 Å². The summed E-state index contributed by atoms with van der Waals surface area (Å²) in [5.41, 5.74) is 2.99. The number of carbonyl (C=O) groups is 2. The van der Waals surface area contributed by atoms with Gasteiger partial charge in [-0.25, -0.2) is 0 Å². The van der Waals surface area contributed by atoms with E-state index in [9.17, 15) is 9.59 Å². The molecule has 0 bridgehead atoms. The Morgan fingerprint density at radius 2 is 1.48 bits per heavy atom. The minimum Gasteiger partial charge on any atom is -0.348 e. The molecular formula is C29H44N2O2. The smallest absolute Gasteiger partial charge is 0.247 e. The fraction of sp³-hybridized carbons (Fsp3) is 0.724. The molecule has 2 amide bonds. The molecule has 0 aliphatic heterocycles.